The van der Waals surface area contributed by atoms with Gasteiger partial charge in [0.25, 0.3) is 5.71 Å². The third kappa shape index (κ3) is 7.47. The summed E-state index contributed by atoms with van der Waals surface area (Å²) in [6.45, 7) is 1.86. The zero-order valence-corrected chi connectivity index (χ0v) is 21.4. The van der Waals surface area contributed by atoms with Crippen LogP contribution in [0.5, 0.6) is 0 Å². The molecule has 1 atom stereocenters. The number of benzene rings is 1. The van der Waals surface area contributed by atoms with E-state index in [1.54, 1.807) is 26.2 Å². The van der Waals surface area contributed by atoms with Crippen LogP contribution in [0.25, 0.3) is 0 Å². The van der Waals surface area contributed by atoms with Crippen molar-refractivity contribution in [2.75, 3.05) is 34.4 Å². The van der Waals surface area contributed by atoms with E-state index in [1.165, 1.54) is 23.9 Å². The summed E-state index contributed by atoms with van der Waals surface area (Å²) in [6.07, 6.45) is 4.67. The Morgan fingerprint density at radius 1 is 1.12 bits per heavy atom. The molecule has 1 aromatic rings. The second-order valence-electron chi connectivity index (χ2n) is 6.74. The SMILES string of the molecule is CN=C([S-])N/N=C(C1=[N+](C)C(Cc2ccc(F)cc2)[N+](C)=C1)/C(C)=N/NC(=NC)SC.[Cu+]. The number of thioether (sulfide) groups is 1. The molecule has 0 saturated carbocycles. The van der Waals surface area contributed by atoms with Gasteiger partial charge in [0.05, 0.1) is 5.71 Å². The summed E-state index contributed by atoms with van der Waals surface area (Å²) in [5.41, 5.74) is 8.91. The van der Waals surface area contributed by atoms with Crippen molar-refractivity contribution in [1.82, 2.24) is 10.9 Å². The summed E-state index contributed by atoms with van der Waals surface area (Å²) in [5.74, 6) is -0.243. The van der Waals surface area contributed by atoms with Crippen LogP contribution < -0.4 is 10.9 Å². The van der Waals surface area contributed by atoms with Gasteiger partial charge in [0.2, 0.25) is 6.21 Å². The standard InChI is InChI=1S/C20H27FN8S2.Cu/c1-13(24-27-20(23-3)31-6)18(25-26-19(30)22-2)16-12-28(4)17(29(16)5)11-14-7-9-15(21)10-8-14;/h7-10,12,17H,11H2,1-6H3,(H,22,30);/q;+1/p+1. The van der Waals surface area contributed by atoms with Crippen LogP contribution in [0, 0.1) is 5.82 Å². The number of hydrogen-bond donors (Lipinski definition) is 2. The van der Waals surface area contributed by atoms with Gasteiger partial charge in [0.1, 0.15) is 26.3 Å². The van der Waals surface area contributed by atoms with Gasteiger partial charge in [-0.2, -0.15) is 19.4 Å². The van der Waals surface area contributed by atoms with Crippen LogP contribution in [0.2, 0.25) is 0 Å². The molecule has 0 aliphatic carbocycles. The van der Waals surface area contributed by atoms with E-state index in [0.29, 0.717) is 23.0 Å². The summed E-state index contributed by atoms with van der Waals surface area (Å²) >= 11 is 6.58. The Balaban J connectivity index is 0.00000512. The predicted molar refractivity (Wildman–Crippen MR) is 132 cm³/mol. The minimum atomic E-state index is -0.243. The average Bonchev–Trinajstić information content (AvgIpc) is 3.04. The molecule has 12 heteroatoms. The van der Waals surface area contributed by atoms with Crippen molar-refractivity contribution >= 4 is 58.1 Å². The fourth-order valence-electron chi connectivity index (χ4n) is 2.99. The Labute approximate surface area is 208 Å². The molecule has 8 nitrogen and oxygen atoms in total. The van der Waals surface area contributed by atoms with Crippen LogP contribution in [0.4, 0.5) is 4.39 Å². The fraction of sp³-hybridized carbons (Fsp3) is 0.400. The molecule has 1 aliphatic rings. The Hall–Kier alpha value is -2.14. The molecule has 0 amide bonds. The Morgan fingerprint density at radius 2 is 1.78 bits per heavy atom. The minimum absolute atomic E-state index is 0. The predicted octanol–water partition coefficient (Wildman–Crippen LogP) is 1.29. The summed E-state index contributed by atoms with van der Waals surface area (Å²) < 4.78 is 17.5. The molecule has 0 fully saturated rings. The molecule has 0 spiro atoms. The molecule has 2 rings (SSSR count). The molecule has 32 heavy (non-hydrogen) atoms. The number of likely N-dealkylation sites (N-methyl/N-ethyl adjacent to an activating group) is 2. The molecular weight excluding hydrogens is 499 g/mol. The summed E-state index contributed by atoms with van der Waals surface area (Å²) in [5, 5.41) is 9.87. The van der Waals surface area contributed by atoms with Crippen molar-refractivity contribution in [2.45, 2.75) is 19.5 Å². The smallest absolute Gasteiger partial charge is 0.741 e. The summed E-state index contributed by atoms with van der Waals surface area (Å²) in [4.78, 5) is 8.05. The first-order chi connectivity index (χ1) is 14.8. The maximum Gasteiger partial charge on any atom is 1.00 e. The van der Waals surface area contributed by atoms with Gasteiger partial charge in [-0.25, -0.2) is 4.39 Å². The first kappa shape index (κ1) is 27.9. The first-order valence-electron chi connectivity index (χ1n) is 9.51. The zero-order valence-electron chi connectivity index (χ0n) is 18.9. The van der Waals surface area contributed by atoms with Gasteiger partial charge in [-0.3, -0.25) is 20.8 Å². The van der Waals surface area contributed by atoms with Gasteiger partial charge in [-0.15, -0.1) is 0 Å². The molecule has 2 N–H and O–H groups in total. The number of amidine groups is 2. The Kier molecular flexibility index (Phi) is 11.7. The van der Waals surface area contributed by atoms with E-state index in [-0.39, 0.29) is 34.2 Å². The molecule has 1 aromatic carbocycles. The van der Waals surface area contributed by atoms with Crippen LogP contribution in [0.3, 0.4) is 0 Å². The second kappa shape index (κ2) is 13.4. The summed E-state index contributed by atoms with van der Waals surface area (Å²) in [7, 11) is 7.28. The van der Waals surface area contributed by atoms with Crippen molar-refractivity contribution in [3.05, 3.63) is 35.6 Å². The van der Waals surface area contributed by atoms with Gasteiger partial charge in [-0.05, 0) is 36.0 Å². The van der Waals surface area contributed by atoms with E-state index < -0.39 is 0 Å². The van der Waals surface area contributed by atoms with E-state index in [1.807, 2.05) is 33.5 Å². The molecule has 0 aromatic heterocycles. The normalized spacial score (nSPS) is 17.8. The van der Waals surface area contributed by atoms with Crippen molar-refractivity contribution in [1.29, 1.82) is 0 Å². The number of nitrogens with zero attached hydrogens (tertiary/aromatic N) is 6. The maximum atomic E-state index is 13.3. The Bertz CT molecular complexity index is 984. The van der Waals surface area contributed by atoms with Crippen LogP contribution in [-0.4, -0.2) is 83.4 Å². The summed E-state index contributed by atoms with van der Waals surface area (Å²) in [6, 6.07) is 6.56. The average molecular weight is 527 g/mol. The zero-order chi connectivity index (χ0) is 23.0. The molecular formula is C20H28CuFN8S2+2. The molecule has 0 bridgehead atoms. The van der Waals surface area contributed by atoms with E-state index >= 15 is 0 Å². The van der Waals surface area contributed by atoms with Crippen LogP contribution >= 0.6 is 11.8 Å². The monoisotopic (exact) mass is 526 g/mol. The topological polar surface area (TPSA) is 79.5 Å². The molecule has 1 heterocycles. The number of aliphatic imine (C=N–C) groups is 2. The molecule has 1 unspecified atom stereocenters. The largest absolute Gasteiger partial charge is 1.00 e. The van der Waals surface area contributed by atoms with E-state index in [9.17, 15) is 4.39 Å². The van der Waals surface area contributed by atoms with Crippen LogP contribution in [0.1, 0.15) is 12.5 Å². The first-order valence-corrected chi connectivity index (χ1v) is 11.1. The number of rotatable bonds is 6. The second-order valence-corrected chi connectivity index (χ2v) is 7.93. The quantitative estimate of drug-likeness (QED) is 0.146. The van der Waals surface area contributed by atoms with E-state index in [2.05, 4.69) is 40.2 Å². The molecule has 1 aliphatic heterocycles. The van der Waals surface area contributed by atoms with Gasteiger partial charge in [0.15, 0.2) is 10.9 Å². The van der Waals surface area contributed by atoms with Crippen molar-refractivity contribution in [3.63, 3.8) is 0 Å². The third-order valence-electron chi connectivity index (χ3n) is 4.72. The Morgan fingerprint density at radius 3 is 2.34 bits per heavy atom. The van der Waals surface area contributed by atoms with Gasteiger partial charge in [0, 0.05) is 14.1 Å². The van der Waals surface area contributed by atoms with Crippen LogP contribution in [-0.2, 0) is 36.1 Å². The number of nitrogens with one attached hydrogen (secondary N) is 2. The third-order valence-corrected chi connectivity index (χ3v) is 5.66. The molecule has 176 valence electrons. The molecule has 0 radical (unpaired) electrons. The number of hydrazone groups is 2. The van der Waals surface area contributed by atoms with E-state index in [4.69, 9.17) is 12.6 Å². The molecule has 0 saturated heterocycles. The van der Waals surface area contributed by atoms with Gasteiger partial charge >= 0.3 is 23.2 Å². The van der Waals surface area contributed by atoms with Crippen molar-refractivity contribution in [2.24, 2.45) is 20.2 Å². The number of hydrogen-bond acceptors (Lipinski definition) is 6. The fourth-order valence-corrected chi connectivity index (χ4v) is 3.36. The van der Waals surface area contributed by atoms with E-state index in [0.717, 1.165) is 11.3 Å². The van der Waals surface area contributed by atoms with Crippen LogP contribution in [0.15, 0.2) is 44.5 Å². The van der Waals surface area contributed by atoms with Gasteiger partial charge < -0.3 is 12.6 Å². The van der Waals surface area contributed by atoms with Crippen molar-refractivity contribution < 1.29 is 30.6 Å². The maximum absolute atomic E-state index is 13.3. The van der Waals surface area contributed by atoms with Gasteiger partial charge in [-0.1, -0.05) is 23.9 Å². The number of halogens is 1. The van der Waals surface area contributed by atoms with Crippen molar-refractivity contribution in [3.8, 4) is 0 Å². The minimum Gasteiger partial charge on any atom is -0.741 e.